The SMILES string of the molecule is CC(C(=O)O)C1CN(C(=O)Cc2c(Cl)cccc2Cl)C1. The van der Waals surface area contributed by atoms with Crippen LogP contribution in [-0.4, -0.2) is 35.0 Å². The lowest BCUT2D eigenvalue weighted by molar-refractivity contribution is -0.150. The molecule has 1 aliphatic heterocycles. The maximum absolute atomic E-state index is 12.1. The molecule has 1 N–H and O–H groups in total. The van der Waals surface area contributed by atoms with Crippen LogP contribution in [0.3, 0.4) is 0 Å². The van der Waals surface area contributed by atoms with Crippen LogP contribution in [0.25, 0.3) is 0 Å². The number of rotatable bonds is 4. The van der Waals surface area contributed by atoms with Crippen molar-refractivity contribution in [2.75, 3.05) is 13.1 Å². The summed E-state index contributed by atoms with van der Waals surface area (Å²) in [5.74, 6) is -1.30. The first-order valence-electron chi connectivity index (χ1n) is 6.33. The normalized spacial score (nSPS) is 16.6. The fourth-order valence-corrected chi connectivity index (χ4v) is 2.73. The number of carboxylic acids is 1. The first-order valence-corrected chi connectivity index (χ1v) is 7.09. The Morgan fingerprint density at radius 2 is 1.90 bits per heavy atom. The van der Waals surface area contributed by atoms with E-state index in [1.54, 1.807) is 30.0 Å². The van der Waals surface area contributed by atoms with Gasteiger partial charge in [0, 0.05) is 29.1 Å². The number of amides is 1. The first kappa shape index (κ1) is 15.1. The third kappa shape index (κ3) is 3.07. The summed E-state index contributed by atoms with van der Waals surface area (Å²) in [6, 6.07) is 5.12. The number of benzene rings is 1. The van der Waals surface area contributed by atoms with Gasteiger partial charge in [-0.15, -0.1) is 0 Å². The Balaban J connectivity index is 1.94. The summed E-state index contributed by atoms with van der Waals surface area (Å²) in [5.41, 5.74) is 0.621. The van der Waals surface area contributed by atoms with Crippen molar-refractivity contribution >= 4 is 35.1 Å². The van der Waals surface area contributed by atoms with Gasteiger partial charge < -0.3 is 10.0 Å². The van der Waals surface area contributed by atoms with Gasteiger partial charge in [-0.1, -0.05) is 36.2 Å². The van der Waals surface area contributed by atoms with Crippen LogP contribution in [0.1, 0.15) is 12.5 Å². The quantitative estimate of drug-likeness (QED) is 0.929. The van der Waals surface area contributed by atoms with Gasteiger partial charge in [-0.3, -0.25) is 9.59 Å². The molecule has 1 aliphatic rings. The number of hydrogen-bond acceptors (Lipinski definition) is 2. The minimum Gasteiger partial charge on any atom is -0.481 e. The molecular weight excluding hydrogens is 301 g/mol. The van der Waals surface area contributed by atoms with E-state index in [0.29, 0.717) is 28.7 Å². The van der Waals surface area contributed by atoms with Crippen molar-refractivity contribution in [1.29, 1.82) is 0 Å². The van der Waals surface area contributed by atoms with Crippen molar-refractivity contribution in [1.82, 2.24) is 4.90 Å². The Labute approximate surface area is 127 Å². The Kier molecular flexibility index (Phi) is 4.55. The Morgan fingerprint density at radius 1 is 1.35 bits per heavy atom. The predicted molar refractivity (Wildman–Crippen MR) is 77.0 cm³/mol. The minimum absolute atomic E-state index is 0.0261. The number of likely N-dealkylation sites (tertiary alicyclic amines) is 1. The van der Waals surface area contributed by atoms with Crippen LogP contribution in [0, 0.1) is 11.8 Å². The standard InChI is InChI=1S/C14H15Cl2NO3/c1-8(14(19)20)9-6-17(7-9)13(18)5-10-11(15)3-2-4-12(10)16/h2-4,8-9H,5-7H2,1H3,(H,19,20). The molecule has 1 fully saturated rings. The largest absolute Gasteiger partial charge is 0.481 e. The Hall–Kier alpha value is -1.26. The van der Waals surface area contributed by atoms with Gasteiger partial charge >= 0.3 is 5.97 Å². The molecule has 1 aromatic rings. The zero-order valence-corrected chi connectivity index (χ0v) is 12.5. The molecule has 0 spiro atoms. The van der Waals surface area contributed by atoms with E-state index >= 15 is 0 Å². The third-order valence-corrected chi connectivity index (χ3v) is 4.46. The fraction of sp³-hybridized carbons (Fsp3) is 0.429. The average Bonchev–Trinajstić information content (AvgIpc) is 2.32. The van der Waals surface area contributed by atoms with E-state index in [2.05, 4.69) is 0 Å². The summed E-state index contributed by atoms with van der Waals surface area (Å²) in [6.45, 7) is 2.63. The molecule has 0 aromatic heterocycles. The monoisotopic (exact) mass is 315 g/mol. The summed E-state index contributed by atoms with van der Waals surface area (Å²) < 4.78 is 0. The van der Waals surface area contributed by atoms with Gasteiger partial charge in [-0.05, 0) is 17.7 Å². The van der Waals surface area contributed by atoms with Crippen LogP contribution in [0.4, 0.5) is 0 Å². The van der Waals surface area contributed by atoms with E-state index in [9.17, 15) is 9.59 Å². The third-order valence-electron chi connectivity index (χ3n) is 3.75. The summed E-state index contributed by atoms with van der Waals surface area (Å²) in [4.78, 5) is 24.6. The van der Waals surface area contributed by atoms with Gasteiger partial charge in [-0.2, -0.15) is 0 Å². The highest BCUT2D eigenvalue weighted by Crippen LogP contribution is 2.28. The maximum atomic E-state index is 12.1. The summed E-state index contributed by atoms with van der Waals surface area (Å²) in [5, 5.41) is 9.86. The Morgan fingerprint density at radius 3 is 2.40 bits per heavy atom. The molecule has 4 nitrogen and oxygen atoms in total. The van der Waals surface area contributed by atoms with Gasteiger partial charge in [0.15, 0.2) is 0 Å². The van der Waals surface area contributed by atoms with E-state index in [4.69, 9.17) is 28.3 Å². The highest BCUT2D eigenvalue weighted by atomic mass is 35.5. The van der Waals surface area contributed by atoms with Crippen molar-refractivity contribution in [3.63, 3.8) is 0 Å². The van der Waals surface area contributed by atoms with Crippen LogP contribution in [-0.2, 0) is 16.0 Å². The van der Waals surface area contributed by atoms with Crippen LogP contribution < -0.4 is 0 Å². The van der Waals surface area contributed by atoms with Crippen molar-refractivity contribution in [2.24, 2.45) is 11.8 Å². The second-order valence-corrected chi connectivity index (χ2v) is 5.88. The molecule has 0 saturated carbocycles. The molecule has 2 rings (SSSR count). The summed E-state index contributed by atoms with van der Waals surface area (Å²) in [7, 11) is 0. The Bertz CT molecular complexity index is 521. The van der Waals surface area contributed by atoms with E-state index in [-0.39, 0.29) is 18.2 Å². The molecular formula is C14H15Cl2NO3. The van der Waals surface area contributed by atoms with E-state index in [0.717, 1.165) is 0 Å². The molecule has 108 valence electrons. The first-order chi connectivity index (χ1) is 9.40. The molecule has 1 heterocycles. The highest BCUT2D eigenvalue weighted by molar-refractivity contribution is 6.36. The summed E-state index contributed by atoms with van der Waals surface area (Å²) in [6.07, 6.45) is 0.146. The smallest absolute Gasteiger partial charge is 0.306 e. The maximum Gasteiger partial charge on any atom is 0.306 e. The van der Waals surface area contributed by atoms with Gasteiger partial charge in [0.2, 0.25) is 5.91 Å². The van der Waals surface area contributed by atoms with Crippen molar-refractivity contribution < 1.29 is 14.7 Å². The highest BCUT2D eigenvalue weighted by Gasteiger charge is 2.37. The fourth-order valence-electron chi connectivity index (χ4n) is 2.20. The molecule has 0 bridgehead atoms. The van der Waals surface area contributed by atoms with Gasteiger partial charge in [0.25, 0.3) is 0 Å². The van der Waals surface area contributed by atoms with Crippen LogP contribution in [0.5, 0.6) is 0 Å². The number of aliphatic carboxylic acids is 1. The molecule has 1 amide bonds. The van der Waals surface area contributed by atoms with Gasteiger partial charge in [0.05, 0.1) is 12.3 Å². The molecule has 6 heteroatoms. The van der Waals surface area contributed by atoms with Crippen LogP contribution in [0.15, 0.2) is 18.2 Å². The molecule has 0 radical (unpaired) electrons. The number of carboxylic acid groups (broad SMARTS) is 1. The molecule has 1 unspecified atom stereocenters. The number of carbonyl (C=O) groups is 2. The topological polar surface area (TPSA) is 57.6 Å². The second kappa shape index (κ2) is 6.02. The number of nitrogens with zero attached hydrogens (tertiary/aromatic N) is 1. The average molecular weight is 316 g/mol. The van der Waals surface area contributed by atoms with E-state index in [1.807, 2.05) is 0 Å². The zero-order chi connectivity index (χ0) is 14.9. The van der Waals surface area contributed by atoms with Crippen LogP contribution >= 0.6 is 23.2 Å². The van der Waals surface area contributed by atoms with Crippen LogP contribution in [0.2, 0.25) is 10.0 Å². The summed E-state index contributed by atoms with van der Waals surface area (Å²) >= 11 is 12.1. The predicted octanol–water partition coefficient (Wildman–Crippen LogP) is 2.72. The molecule has 0 aliphatic carbocycles. The lowest BCUT2D eigenvalue weighted by Crippen LogP contribution is -2.53. The van der Waals surface area contributed by atoms with Gasteiger partial charge in [-0.25, -0.2) is 0 Å². The number of carbonyl (C=O) groups excluding carboxylic acids is 1. The van der Waals surface area contributed by atoms with E-state index < -0.39 is 11.9 Å². The molecule has 1 aromatic carbocycles. The number of hydrogen-bond donors (Lipinski definition) is 1. The molecule has 1 saturated heterocycles. The minimum atomic E-state index is -0.823. The van der Waals surface area contributed by atoms with Crippen molar-refractivity contribution in [3.05, 3.63) is 33.8 Å². The van der Waals surface area contributed by atoms with E-state index in [1.165, 1.54) is 0 Å². The number of halogens is 2. The zero-order valence-electron chi connectivity index (χ0n) is 11.0. The second-order valence-electron chi connectivity index (χ2n) is 5.06. The molecule has 1 atom stereocenters. The lowest BCUT2D eigenvalue weighted by atomic mass is 9.87. The van der Waals surface area contributed by atoms with Crippen molar-refractivity contribution in [2.45, 2.75) is 13.3 Å². The molecule has 20 heavy (non-hydrogen) atoms. The van der Waals surface area contributed by atoms with Crippen molar-refractivity contribution in [3.8, 4) is 0 Å². The lowest BCUT2D eigenvalue weighted by Gasteiger charge is -2.41. The van der Waals surface area contributed by atoms with Gasteiger partial charge in [0.1, 0.15) is 0 Å².